The summed E-state index contributed by atoms with van der Waals surface area (Å²) in [6.45, 7) is 4.28. The number of ether oxygens (including phenoxy) is 2. The molecule has 0 aromatic heterocycles. The Morgan fingerprint density at radius 3 is 2.44 bits per heavy atom. The van der Waals surface area contributed by atoms with Gasteiger partial charge in [0.25, 0.3) is 0 Å². The number of hydrogen-bond donors (Lipinski definition) is 6. The van der Waals surface area contributed by atoms with Crippen LogP contribution in [0, 0.1) is 5.92 Å². The Morgan fingerprint density at radius 2 is 1.92 bits per heavy atom. The molecular formula is C25H35FN3O9P. The lowest BCUT2D eigenvalue weighted by atomic mass is 9.88. The number of carboxylic acid groups (broad SMARTS) is 1. The fourth-order valence-electron chi connectivity index (χ4n) is 5.16. The van der Waals surface area contributed by atoms with Crippen molar-refractivity contribution in [1.29, 1.82) is 0 Å². The van der Waals surface area contributed by atoms with Crippen LogP contribution in [0.2, 0.25) is 0 Å². The number of halogens is 1. The highest BCUT2D eigenvalue weighted by molar-refractivity contribution is 7.70. The highest BCUT2D eigenvalue weighted by Gasteiger charge is 2.75. The Labute approximate surface area is 225 Å². The van der Waals surface area contributed by atoms with Crippen molar-refractivity contribution in [3.8, 4) is 5.75 Å². The van der Waals surface area contributed by atoms with Gasteiger partial charge in [0.05, 0.1) is 6.16 Å². The molecule has 1 aliphatic carbocycles. The number of hydrogen-bond acceptors (Lipinski definition) is 11. The van der Waals surface area contributed by atoms with E-state index < -0.39 is 73.2 Å². The SMILES string of the molecule is CC(C)[C@](Oc1ccc(C2CC2)cc1)(OP1(=O)CC1(N)C(=O)O)[C@@H]1O[C@@H](N2C=C[C@@H](O)N[C@H]2O)[C@](C)(F)[C@@H]1O. The molecule has 3 heterocycles. The van der Waals surface area contributed by atoms with Gasteiger partial charge < -0.3 is 40.5 Å². The quantitative estimate of drug-likeness (QED) is 0.184. The van der Waals surface area contributed by atoms with Crippen LogP contribution in [-0.2, 0) is 18.6 Å². The van der Waals surface area contributed by atoms with Crippen LogP contribution in [0.15, 0.2) is 36.5 Å². The van der Waals surface area contributed by atoms with Crippen LogP contribution in [-0.4, -0.2) is 85.2 Å². The van der Waals surface area contributed by atoms with Crippen LogP contribution in [0.4, 0.5) is 4.39 Å². The lowest BCUT2D eigenvalue weighted by Crippen LogP contribution is -2.59. The number of carbonyl (C=O) groups is 1. The van der Waals surface area contributed by atoms with Crippen LogP contribution >= 0.6 is 7.37 Å². The number of carboxylic acids is 1. The minimum absolute atomic E-state index is 0.238. The van der Waals surface area contributed by atoms with E-state index in [1.54, 1.807) is 26.0 Å². The van der Waals surface area contributed by atoms with Crippen molar-refractivity contribution >= 4 is 13.3 Å². The van der Waals surface area contributed by atoms with Crippen molar-refractivity contribution < 1.29 is 48.2 Å². The zero-order valence-electron chi connectivity index (χ0n) is 21.8. The summed E-state index contributed by atoms with van der Waals surface area (Å²) in [4.78, 5) is 12.8. The molecule has 1 saturated carbocycles. The van der Waals surface area contributed by atoms with E-state index in [1.165, 1.54) is 12.3 Å². The second kappa shape index (κ2) is 9.49. The molecule has 3 fully saturated rings. The topological polar surface area (TPSA) is 184 Å². The van der Waals surface area contributed by atoms with E-state index in [9.17, 15) is 29.8 Å². The van der Waals surface area contributed by atoms with Crippen molar-refractivity contribution in [2.45, 2.75) is 87.3 Å². The molecule has 12 nitrogen and oxygen atoms in total. The number of nitrogens with one attached hydrogen (secondary N) is 1. The molecule has 14 heteroatoms. The number of aliphatic hydroxyl groups excluding tert-OH is 3. The number of aliphatic hydroxyl groups is 3. The van der Waals surface area contributed by atoms with Crippen molar-refractivity contribution in [2.24, 2.45) is 11.7 Å². The third kappa shape index (κ3) is 4.68. The summed E-state index contributed by atoms with van der Waals surface area (Å²) in [5.41, 5.74) is 4.45. The zero-order chi connectivity index (χ0) is 28.5. The summed E-state index contributed by atoms with van der Waals surface area (Å²) < 4.78 is 48.2. The minimum Gasteiger partial charge on any atom is -0.479 e. The molecule has 0 radical (unpaired) electrons. The van der Waals surface area contributed by atoms with Gasteiger partial charge in [-0.1, -0.05) is 26.0 Å². The lowest BCUT2D eigenvalue weighted by Gasteiger charge is -2.43. The molecule has 2 saturated heterocycles. The standard InChI is InChI=1S/C25H35FN3O9P/c1-13(2)25(38-39(35)12-24(39,27)21(32)33,37-16-8-6-15(7-9-16)14-4-5-14)19-18(31)23(3,26)20(36-19)29-11-10-17(30)28-22(29)34/h6-11,13-14,17-20,22,28,30-31,34H,4-5,12,27H2,1-3H3,(H,32,33)/t17-,18-,19-,20-,22-,23-,24?,25+,39?/m1/s1. The molecule has 5 rings (SSSR count). The number of nitrogens with two attached hydrogens (primary N) is 1. The van der Waals surface area contributed by atoms with E-state index in [1.807, 2.05) is 12.1 Å². The van der Waals surface area contributed by atoms with Gasteiger partial charge in [-0.15, -0.1) is 0 Å². The Bertz CT molecular complexity index is 1200. The van der Waals surface area contributed by atoms with Gasteiger partial charge >= 0.3 is 5.97 Å². The molecule has 4 aliphatic rings. The Hall–Kier alpha value is -2.09. The molecule has 0 amide bonds. The summed E-state index contributed by atoms with van der Waals surface area (Å²) in [6.07, 6.45) is -3.86. The van der Waals surface area contributed by atoms with Gasteiger partial charge in [0.2, 0.25) is 18.4 Å². The van der Waals surface area contributed by atoms with Gasteiger partial charge in [0, 0.05) is 12.1 Å². The first-order valence-electron chi connectivity index (χ1n) is 12.9. The van der Waals surface area contributed by atoms with E-state index in [4.69, 9.17) is 19.7 Å². The molecule has 9 atom stereocenters. The Morgan fingerprint density at radius 1 is 1.28 bits per heavy atom. The van der Waals surface area contributed by atoms with E-state index in [0.29, 0.717) is 5.92 Å². The van der Waals surface area contributed by atoms with Gasteiger partial charge in [0.15, 0.2) is 24.4 Å². The highest BCUT2D eigenvalue weighted by atomic mass is 31.2. The van der Waals surface area contributed by atoms with E-state index in [2.05, 4.69) is 5.32 Å². The summed E-state index contributed by atoms with van der Waals surface area (Å²) >= 11 is 0. The van der Waals surface area contributed by atoms with Crippen molar-refractivity contribution in [3.05, 3.63) is 42.1 Å². The Balaban J connectivity index is 1.54. The summed E-state index contributed by atoms with van der Waals surface area (Å²) in [7, 11) is -4.10. The molecular weight excluding hydrogens is 536 g/mol. The van der Waals surface area contributed by atoms with E-state index in [0.717, 1.165) is 30.2 Å². The van der Waals surface area contributed by atoms with Crippen molar-refractivity contribution in [1.82, 2.24) is 10.2 Å². The largest absolute Gasteiger partial charge is 0.479 e. The van der Waals surface area contributed by atoms with Crippen LogP contribution in [0.1, 0.15) is 45.1 Å². The second-order valence-corrected chi connectivity index (χ2v) is 13.9. The van der Waals surface area contributed by atoms with Crippen molar-refractivity contribution in [2.75, 3.05) is 6.16 Å². The van der Waals surface area contributed by atoms with Gasteiger partial charge in [-0.2, -0.15) is 0 Å². The maximum Gasteiger partial charge on any atom is 0.334 e. The van der Waals surface area contributed by atoms with Gasteiger partial charge in [-0.05, 0) is 49.5 Å². The van der Waals surface area contributed by atoms with Gasteiger partial charge in [-0.25, -0.2) is 14.5 Å². The molecule has 39 heavy (non-hydrogen) atoms. The maximum absolute atomic E-state index is 16.2. The first-order chi connectivity index (χ1) is 18.1. The monoisotopic (exact) mass is 571 g/mol. The summed E-state index contributed by atoms with van der Waals surface area (Å²) in [5.74, 6) is -3.76. The first kappa shape index (κ1) is 28.4. The lowest BCUT2D eigenvalue weighted by molar-refractivity contribution is -0.249. The molecule has 1 aromatic carbocycles. The fraction of sp³-hybridized carbons (Fsp3) is 0.640. The minimum atomic E-state index is -4.10. The Kier molecular flexibility index (Phi) is 6.92. The van der Waals surface area contributed by atoms with Gasteiger partial charge in [0.1, 0.15) is 18.1 Å². The van der Waals surface area contributed by atoms with Crippen LogP contribution in [0.3, 0.4) is 0 Å². The maximum atomic E-state index is 16.2. The van der Waals surface area contributed by atoms with Crippen molar-refractivity contribution in [3.63, 3.8) is 0 Å². The zero-order valence-corrected chi connectivity index (χ0v) is 22.7. The number of alkyl halides is 1. The van der Waals surface area contributed by atoms with E-state index in [-0.39, 0.29) is 5.75 Å². The molecule has 216 valence electrons. The predicted octanol–water partition coefficient (Wildman–Crippen LogP) is 1.17. The molecule has 2 unspecified atom stereocenters. The average Bonchev–Trinajstić information content (AvgIpc) is 3.76. The smallest absolute Gasteiger partial charge is 0.334 e. The predicted molar refractivity (Wildman–Crippen MR) is 135 cm³/mol. The normalized spacial score (nSPS) is 41.5. The number of rotatable bonds is 9. The number of aliphatic carboxylic acids is 1. The van der Waals surface area contributed by atoms with Crippen LogP contribution in [0.5, 0.6) is 5.75 Å². The highest BCUT2D eigenvalue weighted by Crippen LogP contribution is 2.76. The average molecular weight is 572 g/mol. The number of benzene rings is 1. The van der Waals surface area contributed by atoms with Gasteiger partial charge in [-0.3, -0.25) is 9.09 Å². The molecule has 3 aliphatic heterocycles. The van der Waals surface area contributed by atoms with Crippen LogP contribution in [0.25, 0.3) is 0 Å². The first-order valence-corrected chi connectivity index (χ1v) is 14.7. The molecule has 1 aromatic rings. The molecule has 7 N–H and O–H groups in total. The molecule has 0 spiro atoms. The number of nitrogens with zero attached hydrogens (tertiary/aromatic N) is 1. The summed E-state index contributed by atoms with van der Waals surface area (Å²) in [5, 5.41) is 41.3. The second-order valence-electron chi connectivity index (χ2n) is 11.3. The van der Waals surface area contributed by atoms with E-state index >= 15 is 4.39 Å². The third-order valence-electron chi connectivity index (χ3n) is 7.96. The molecule has 0 bridgehead atoms. The third-order valence-corrected chi connectivity index (χ3v) is 10.6. The summed E-state index contributed by atoms with van der Waals surface area (Å²) in [6, 6.07) is 7.06. The fourth-order valence-corrected chi connectivity index (χ4v) is 7.53. The van der Waals surface area contributed by atoms with Crippen LogP contribution < -0.4 is 15.8 Å².